The number of unbranched alkanes of at least 4 members (excludes halogenated alkanes) is 2. The summed E-state index contributed by atoms with van der Waals surface area (Å²) < 4.78 is 8.88. The standard InChI is InChI=1S/C24H37N3.H3O4P/c1-3-5-17-27(18-6-4-2)19-11-16-25-24-20-12-7-9-14-22(20)26-23-15-10-8-13-21(23)24;1-5(2,3)4/h7,9,12,14H,3-6,8,10-11,13,15-19H2,1-2H3,(H,25,26);(H3,1,2,3,4). The minimum atomic E-state index is -4.64. The van der Waals surface area contributed by atoms with Crippen LogP contribution in [-0.4, -0.2) is 50.7 Å². The molecular weight excluding hydrogens is 425 g/mol. The van der Waals surface area contributed by atoms with E-state index in [1.165, 1.54) is 93.3 Å². The molecule has 1 aliphatic rings. The van der Waals surface area contributed by atoms with Crippen LogP contribution in [0.25, 0.3) is 10.9 Å². The predicted octanol–water partition coefficient (Wildman–Crippen LogP) is 4.89. The first-order valence-electron chi connectivity index (χ1n) is 12.0. The second-order valence-electron chi connectivity index (χ2n) is 8.48. The molecule has 0 saturated heterocycles. The molecule has 3 rings (SSSR count). The Kier molecular flexibility index (Phi) is 11.6. The molecule has 0 aliphatic heterocycles. The number of hydrogen-bond donors (Lipinski definition) is 4. The van der Waals surface area contributed by atoms with Crippen molar-refractivity contribution in [3.05, 3.63) is 35.5 Å². The van der Waals surface area contributed by atoms with E-state index < -0.39 is 7.82 Å². The van der Waals surface area contributed by atoms with E-state index >= 15 is 0 Å². The maximum absolute atomic E-state index is 8.88. The maximum atomic E-state index is 8.88. The van der Waals surface area contributed by atoms with Gasteiger partial charge < -0.3 is 24.9 Å². The van der Waals surface area contributed by atoms with Crippen molar-refractivity contribution in [2.75, 3.05) is 31.5 Å². The first-order valence-corrected chi connectivity index (χ1v) is 13.5. The molecule has 32 heavy (non-hydrogen) atoms. The minimum Gasteiger partial charge on any atom is -0.384 e. The Balaban J connectivity index is 0.000000654. The average Bonchev–Trinajstić information content (AvgIpc) is 2.76. The van der Waals surface area contributed by atoms with Crippen LogP contribution in [-0.2, 0) is 17.4 Å². The van der Waals surface area contributed by atoms with Gasteiger partial charge in [-0.2, -0.15) is 0 Å². The van der Waals surface area contributed by atoms with Crippen LogP contribution in [0.2, 0.25) is 0 Å². The van der Waals surface area contributed by atoms with Gasteiger partial charge in [-0.25, -0.2) is 4.57 Å². The molecule has 2 aromatic rings. The molecule has 1 aromatic carbocycles. The molecule has 1 aliphatic carbocycles. The third-order valence-corrected chi connectivity index (χ3v) is 5.78. The summed E-state index contributed by atoms with van der Waals surface area (Å²) in [5.41, 5.74) is 5.32. The summed E-state index contributed by atoms with van der Waals surface area (Å²) in [6.07, 6.45) is 11.3. The van der Waals surface area contributed by atoms with Crippen LogP contribution in [0.4, 0.5) is 5.69 Å². The Hall–Kier alpha value is -1.50. The summed E-state index contributed by atoms with van der Waals surface area (Å²) in [5, 5.41) is 5.11. The van der Waals surface area contributed by atoms with Gasteiger partial charge in [-0.1, -0.05) is 44.9 Å². The number of aromatic nitrogens is 1. The van der Waals surface area contributed by atoms with Crippen LogP contribution < -0.4 is 5.32 Å². The quantitative estimate of drug-likeness (QED) is 0.277. The highest BCUT2D eigenvalue weighted by Gasteiger charge is 2.17. The Morgan fingerprint density at radius 2 is 1.56 bits per heavy atom. The van der Waals surface area contributed by atoms with E-state index in [1.807, 2.05) is 0 Å². The van der Waals surface area contributed by atoms with Crippen molar-refractivity contribution < 1.29 is 19.2 Å². The smallest absolute Gasteiger partial charge is 0.384 e. The third kappa shape index (κ3) is 9.55. The lowest BCUT2D eigenvalue weighted by Crippen LogP contribution is -2.28. The van der Waals surface area contributed by atoms with Crippen LogP contribution in [0.15, 0.2) is 24.3 Å². The molecule has 0 fully saturated rings. The summed E-state index contributed by atoms with van der Waals surface area (Å²) in [7, 11) is -4.64. The molecule has 1 heterocycles. The number of nitrogens with zero attached hydrogens (tertiary/aromatic N) is 2. The first-order chi connectivity index (χ1) is 15.3. The van der Waals surface area contributed by atoms with Gasteiger partial charge in [-0.15, -0.1) is 0 Å². The SMILES string of the molecule is CCCCN(CCCC)CCCNc1c2c(nc3ccccc13)CCCC2.O=P(O)(O)O. The maximum Gasteiger partial charge on any atom is 0.466 e. The molecule has 8 heteroatoms. The molecule has 1 aromatic heterocycles. The van der Waals surface area contributed by atoms with Crippen LogP contribution in [0.3, 0.4) is 0 Å². The van der Waals surface area contributed by atoms with E-state index in [9.17, 15) is 0 Å². The summed E-state index contributed by atoms with van der Waals surface area (Å²) >= 11 is 0. The lowest BCUT2D eigenvalue weighted by atomic mass is 9.92. The largest absolute Gasteiger partial charge is 0.466 e. The third-order valence-electron chi connectivity index (χ3n) is 5.78. The van der Waals surface area contributed by atoms with Gasteiger partial charge in [-0.3, -0.25) is 4.98 Å². The number of rotatable bonds is 11. The van der Waals surface area contributed by atoms with E-state index in [1.54, 1.807) is 0 Å². The summed E-state index contributed by atoms with van der Waals surface area (Å²) in [4.78, 5) is 29.2. The highest BCUT2D eigenvalue weighted by atomic mass is 31.2. The number of hydrogen-bond acceptors (Lipinski definition) is 4. The molecule has 180 valence electrons. The van der Waals surface area contributed by atoms with Gasteiger partial charge in [0.1, 0.15) is 0 Å². The topological polar surface area (TPSA) is 106 Å². The van der Waals surface area contributed by atoms with Crippen molar-refractivity contribution in [3.8, 4) is 0 Å². The number of fused-ring (bicyclic) bond motifs is 2. The molecule has 0 amide bonds. The fourth-order valence-electron chi connectivity index (χ4n) is 4.19. The minimum absolute atomic E-state index is 1.05. The Morgan fingerprint density at radius 3 is 2.22 bits per heavy atom. The van der Waals surface area contributed by atoms with Gasteiger partial charge in [0.2, 0.25) is 0 Å². The van der Waals surface area contributed by atoms with E-state index in [2.05, 4.69) is 48.3 Å². The molecule has 0 bridgehead atoms. The van der Waals surface area contributed by atoms with Gasteiger partial charge in [0.25, 0.3) is 0 Å². The lowest BCUT2D eigenvalue weighted by molar-refractivity contribution is 0.264. The van der Waals surface area contributed by atoms with Crippen LogP contribution >= 0.6 is 7.82 Å². The van der Waals surface area contributed by atoms with Crippen molar-refractivity contribution in [1.29, 1.82) is 0 Å². The lowest BCUT2D eigenvalue weighted by Gasteiger charge is -2.24. The second kappa shape index (κ2) is 13.9. The fourth-order valence-corrected chi connectivity index (χ4v) is 4.19. The zero-order chi connectivity index (χ0) is 23.4. The van der Waals surface area contributed by atoms with Crippen LogP contribution in [0, 0.1) is 0 Å². The molecule has 0 spiro atoms. The van der Waals surface area contributed by atoms with Gasteiger partial charge in [-0.05, 0) is 76.2 Å². The van der Waals surface area contributed by atoms with Crippen LogP contribution in [0.5, 0.6) is 0 Å². The van der Waals surface area contributed by atoms with Crippen molar-refractivity contribution in [3.63, 3.8) is 0 Å². The zero-order valence-corrected chi connectivity index (χ0v) is 20.5. The summed E-state index contributed by atoms with van der Waals surface area (Å²) in [6, 6.07) is 8.64. The van der Waals surface area contributed by atoms with Gasteiger partial charge >= 0.3 is 7.82 Å². The molecule has 0 unspecified atom stereocenters. The van der Waals surface area contributed by atoms with Gasteiger partial charge in [0.05, 0.1) is 5.52 Å². The Morgan fingerprint density at radius 1 is 0.969 bits per heavy atom. The number of para-hydroxylation sites is 1. The van der Waals surface area contributed by atoms with E-state index in [4.69, 9.17) is 24.2 Å². The molecule has 7 nitrogen and oxygen atoms in total. The van der Waals surface area contributed by atoms with E-state index in [0.29, 0.717) is 0 Å². The monoisotopic (exact) mass is 465 g/mol. The molecule has 4 N–H and O–H groups in total. The molecule has 0 saturated carbocycles. The number of aryl methyl sites for hydroxylation is 1. The van der Waals surface area contributed by atoms with Crippen LogP contribution in [0.1, 0.15) is 70.1 Å². The number of pyridine rings is 1. The van der Waals surface area contributed by atoms with Gasteiger partial charge in [0.15, 0.2) is 0 Å². The normalized spacial score (nSPS) is 13.6. The molecule has 0 radical (unpaired) electrons. The van der Waals surface area contributed by atoms with Crippen molar-refractivity contribution >= 4 is 24.4 Å². The molecular formula is C24H40N3O4P. The zero-order valence-electron chi connectivity index (χ0n) is 19.6. The Labute approximate surface area is 192 Å². The second-order valence-corrected chi connectivity index (χ2v) is 9.51. The van der Waals surface area contributed by atoms with Gasteiger partial charge in [0, 0.05) is 23.3 Å². The highest BCUT2D eigenvalue weighted by molar-refractivity contribution is 7.45. The highest BCUT2D eigenvalue weighted by Crippen LogP contribution is 2.33. The molecule has 0 atom stereocenters. The number of benzene rings is 1. The number of nitrogens with one attached hydrogen (secondary N) is 1. The van der Waals surface area contributed by atoms with E-state index in [-0.39, 0.29) is 0 Å². The van der Waals surface area contributed by atoms with E-state index in [0.717, 1.165) is 18.5 Å². The first kappa shape index (κ1) is 26.7. The number of phosphoric acid groups is 1. The number of anilines is 1. The fraction of sp³-hybridized carbons (Fsp3) is 0.625. The summed E-state index contributed by atoms with van der Waals surface area (Å²) in [5.74, 6) is 0. The average molecular weight is 466 g/mol. The van der Waals surface area contributed by atoms with Crippen molar-refractivity contribution in [2.45, 2.75) is 71.6 Å². The predicted molar refractivity (Wildman–Crippen MR) is 132 cm³/mol. The Bertz CT molecular complexity index is 855. The summed E-state index contributed by atoms with van der Waals surface area (Å²) in [6.45, 7) is 9.34. The van der Waals surface area contributed by atoms with Crippen molar-refractivity contribution in [1.82, 2.24) is 9.88 Å². The van der Waals surface area contributed by atoms with Crippen molar-refractivity contribution in [2.24, 2.45) is 0 Å².